The largest absolute Gasteiger partial charge is 0.618 e. The molecule has 5 heteroatoms. The van der Waals surface area contributed by atoms with Gasteiger partial charge in [-0.25, -0.2) is 0 Å². The molecule has 0 aliphatic rings. The third-order valence-corrected chi connectivity index (χ3v) is 7.39. The Kier molecular flexibility index (Phi) is 9.12. The molecule has 0 spiro atoms. The number of pyridine rings is 1. The number of aryl methyl sites for hydroxylation is 4. The smallest absolute Gasteiger partial charge is 0.252 e. The van der Waals surface area contributed by atoms with Crippen LogP contribution in [0.2, 0.25) is 0 Å². The number of rotatable bonds is 5. The summed E-state index contributed by atoms with van der Waals surface area (Å²) in [6, 6.07) is 11.4. The van der Waals surface area contributed by atoms with Crippen LogP contribution in [0.15, 0.2) is 47.6 Å². The Morgan fingerprint density at radius 3 is 1.88 bits per heavy atom. The average molecular weight is 465 g/mol. The molecule has 1 heterocycles. The first kappa shape index (κ1) is 26.5. The highest BCUT2D eigenvalue weighted by Gasteiger charge is 2.29. The summed E-state index contributed by atoms with van der Waals surface area (Å²) in [4.78, 5) is 13.6. The molecule has 2 aromatic carbocycles. The lowest BCUT2D eigenvalue weighted by Crippen LogP contribution is -2.30. The highest BCUT2D eigenvalue weighted by molar-refractivity contribution is 8.00. The molecule has 0 aliphatic heterocycles. The molecule has 0 fully saturated rings. The van der Waals surface area contributed by atoms with Crippen molar-refractivity contribution in [3.8, 4) is 0 Å². The number of nitrogens with one attached hydrogen (secondary N) is 1. The number of hydrogen-bond donors (Lipinski definition) is 1. The van der Waals surface area contributed by atoms with Gasteiger partial charge in [0.25, 0.3) is 5.03 Å². The molecule has 0 saturated carbocycles. The van der Waals surface area contributed by atoms with Crippen molar-refractivity contribution in [1.29, 1.82) is 0 Å². The van der Waals surface area contributed by atoms with Gasteiger partial charge in [-0.2, -0.15) is 4.73 Å². The molecular weight excluding hydrogens is 428 g/mol. The zero-order valence-electron chi connectivity index (χ0n) is 21.3. The summed E-state index contributed by atoms with van der Waals surface area (Å²) in [7, 11) is 0. The van der Waals surface area contributed by atoms with Crippen molar-refractivity contribution in [3.63, 3.8) is 0 Å². The van der Waals surface area contributed by atoms with Crippen LogP contribution < -0.4 is 10.0 Å². The van der Waals surface area contributed by atoms with Crippen LogP contribution in [0.5, 0.6) is 0 Å². The first-order valence-corrected chi connectivity index (χ1v) is 12.3. The molecule has 1 amide bonds. The molecule has 176 valence electrons. The van der Waals surface area contributed by atoms with Gasteiger partial charge in [-0.1, -0.05) is 19.9 Å². The average Bonchev–Trinajstić information content (AvgIpc) is 2.78. The molecular formula is C28H36N2O2S. The molecule has 0 aliphatic carbocycles. The van der Waals surface area contributed by atoms with Crippen molar-refractivity contribution in [2.24, 2.45) is 0 Å². The SMILES string of the molecule is CC.Cc1cc(NC(=O)C(Sc2cccc[n+]2[O-])c2c(C)c(C)cc(C)c2C)cc(C)c1C. The van der Waals surface area contributed by atoms with E-state index in [0.717, 1.165) is 49.4 Å². The fraction of sp³-hybridized carbons (Fsp3) is 0.357. The Morgan fingerprint density at radius 2 is 1.36 bits per heavy atom. The molecule has 3 aromatic rings. The summed E-state index contributed by atoms with van der Waals surface area (Å²) >= 11 is 1.29. The Morgan fingerprint density at radius 1 is 0.848 bits per heavy atom. The summed E-state index contributed by atoms with van der Waals surface area (Å²) < 4.78 is 0.818. The van der Waals surface area contributed by atoms with Crippen molar-refractivity contribution in [3.05, 3.63) is 92.3 Å². The molecule has 1 aromatic heterocycles. The lowest BCUT2D eigenvalue weighted by molar-refractivity contribution is -0.645. The molecule has 1 N–H and O–H groups in total. The van der Waals surface area contributed by atoms with E-state index >= 15 is 0 Å². The zero-order valence-corrected chi connectivity index (χ0v) is 22.1. The Hall–Kier alpha value is -2.79. The predicted octanol–water partition coefficient (Wildman–Crippen LogP) is 6.98. The molecule has 1 atom stereocenters. The Balaban J connectivity index is 0.00000187. The first-order valence-electron chi connectivity index (χ1n) is 11.4. The number of anilines is 1. The minimum absolute atomic E-state index is 0.132. The summed E-state index contributed by atoms with van der Waals surface area (Å²) in [5, 5.41) is 15.4. The summed E-state index contributed by atoms with van der Waals surface area (Å²) in [5.41, 5.74) is 9.70. The van der Waals surface area contributed by atoms with E-state index in [-0.39, 0.29) is 5.91 Å². The van der Waals surface area contributed by atoms with Gasteiger partial charge in [0.15, 0.2) is 6.20 Å². The molecule has 0 radical (unpaired) electrons. The summed E-state index contributed by atoms with van der Waals surface area (Å²) in [6.07, 6.45) is 1.46. The van der Waals surface area contributed by atoms with E-state index < -0.39 is 5.25 Å². The van der Waals surface area contributed by atoms with Crippen molar-refractivity contribution >= 4 is 23.4 Å². The van der Waals surface area contributed by atoms with Gasteiger partial charge >= 0.3 is 0 Å². The number of amides is 1. The number of carbonyl (C=O) groups is 1. The number of nitrogens with zero attached hydrogens (tertiary/aromatic N) is 1. The number of carbonyl (C=O) groups excluding carboxylic acids is 1. The second-order valence-electron chi connectivity index (χ2n) is 8.26. The summed E-state index contributed by atoms with van der Waals surface area (Å²) in [5.74, 6) is -0.132. The number of hydrogen-bond acceptors (Lipinski definition) is 3. The van der Waals surface area contributed by atoms with E-state index in [1.807, 2.05) is 59.7 Å². The minimum atomic E-state index is -0.553. The monoisotopic (exact) mass is 464 g/mol. The van der Waals surface area contributed by atoms with Crippen LogP contribution in [0.1, 0.15) is 63.6 Å². The molecule has 1 unspecified atom stereocenters. The lowest BCUT2D eigenvalue weighted by Gasteiger charge is -2.23. The van der Waals surface area contributed by atoms with Crippen LogP contribution in [-0.4, -0.2) is 5.91 Å². The van der Waals surface area contributed by atoms with E-state index in [4.69, 9.17) is 0 Å². The maximum Gasteiger partial charge on any atom is 0.252 e. The third-order valence-electron chi connectivity index (χ3n) is 6.15. The van der Waals surface area contributed by atoms with Gasteiger partial charge in [-0.3, -0.25) is 4.79 Å². The van der Waals surface area contributed by atoms with Gasteiger partial charge in [0, 0.05) is 17.8 Å². The highest BCUT2D eigenvalue weighted by Crippen LogP contribution is 2.40. The maximum atomic E-state index is 13.6. The molecule has 4 nitrogen and oxygen atoms in total. The predicted molar refractivity (Wildman–Crippen MR) is 140 cm³/mol. The van der Waals surface area contributed by atoms with Crippen molar-refractivity contribution in [2.75, 3.05) is 5.32 Å². The van der Waals surface area contributed by atoms with Gasteiger partial charge in [0.1, 0.15) is 5.25 Å². The standard InChI is InChI=1S/C26H30N2O2S.C2H6/c1-15-12-16(2)21(7)24(20(15)6)25(31-23-10-8-9-11-28(23)30)26(29)27-22-13-17(3)19(5)18(4)14-22;1-2/h8-14,25H,1-7H3,(H,27,29);1-2H3. The second kappa shape index (κ2) is 11.4. The first-order chi connectivity index (χ1) is 15.6. The number of aromatic nitrogens is 1. The van der Waals surface area contributed by atoms with Crippen molar-refractivity contribution in [1.82, 2.24) is 0 Å². The van der Waals surface area contributed by atoms with Crippen molar-refractivity contribution in [2.45, 2.75) is 72.6 Å². The van der Waals surface area contributed by atoms with Gasteiger partial charge in [0.2, 0.25) is 5.91 Å². The fourth-order valence-electron chi connectivity index (χ4n) is 3.82. The van der Waals surface area contributed by atoms with Crippen molar-refractivity contribution < 1.29 is 9.52 Å². The van der Waals surface area contributed by atoms with Crippen LogP contribution in [0, 0.1) is 53.7 Å². The van der Waals surface area contributed by atoms with Gasteiger partial charge in [-0.15, -0.1) is 0 Å². The summed E-state index contributed by atoms with van der Waals surface area (Å²) in [6.45, 7) is 18.4. The van der Waals surface area contributed by atoms with Crippen LogP contribution in [0.25, 0.3) is 0 Å². The molecule has 3 rings (SSSR count). The van der Waals surface area contributed by atoms with Gasteiger partial charge in [0.05, 0.1) is 0 Å². The molecule has 0 bridgehead atoms. The maximum absolute atomic E-state index is 13.6. The lowest BCUT2D eigenvalue weighted by atomic mass is 9.92. The normalized spacial score (nSPS) is 11.4. The minimum Gasteiger partial charge on any atom is -0.618 e. The van der Waals surface area contributed by atoms with Crippen LogP contribution in [0.4, 0.5) is 5.69 Å². The van der Waals surface area contributed by atoms with E-state index in [2.05, 4.69) is 32.2 Å². The van der Waals surface area contributed by atoms with E-state index in [9.17, 15) is 10.0 Å². The van der Waals surface area contributed by atoms with Gasteiger partial charge < -0.3 is 10.5 Å². The quantitative estimate of drug-likeness (QED) is 0.252. The van der Waals surface area contributed by atoms with Crippen LogP contribution in [-0.2, 0) is 4.79 Å². The van der Waals surface area contributed by atoms with E-state index in [0.29, 0.717) is 5.03 Å². The Labute approximate surface area is 203 Å². The van der Waals surface area contributed by atoms with E-state index in [1.54, 1.807) is 12.1 Å². The number of thioether (sulfide) groups is 1. The molecule has 33 heavy (non-hydrogen) atoms. The third kappa shape index (κ3) is 5.97. The van der Waals surface area contributed by atoms with Crippen LogP contribution in [0.3, 0.4) is 0 Å². The second-order valence-corrected chi connectivity index (χ2v) is 9.39. The topological polar surface area (TPSA) is 56.0 Å². The van der Waals surface area contributed by atoms with E-state index in [1.165, 1.54) is 23.5 Å². The van der Waals surface area contributed by atoms with Crippen LogP contribution >= 0.6 is 11.8 Å². The number of benzene rings is 2. The Bertz CT molecular complexity index is 1110. The van der Waals surface area contributed by atoms with Gasteiger partial charge in [-0.05, 0) is 123 Å². The zero-order chi connectivity index (χ0) is 24.9. The fourth-order valence-corrected chi connectivity index (χ4v) is 5.03. The molecule has 0 saturated heterocycles. The highest BCUT2D eigenvalue weighted by atomic mass is 32.2.